The highest BCUT2D eigenvalue weighted by atomic mass is 16.6. The third-order valence-corrected chi connectivity index (χ3v) is 5.96. The van der Waals surface area contributed by atoms with Crippen LogP contribution in [0.1, 0.15) is 51.2 Å². The number of hydrogen-bond acceptors (Lipinski definition) is 6. The number of Topliss-reactive ketones (excluding diaryl/α,β-unsaturated/α-hetero) is 1. The van der Waals surface area contributed by atoms with Crippen molar-refractivity contribution in [3.63, 3.8) is 0 Å². The summed E-state index contributed by atoms with van der Waals surface area (Å²) >= 11 is 0. The van der Waals surface area contributed by atoms with Crippen molar-refractivity contribution < 1.29 is 29.0 Å². The first-order chi connectivity index (χ1) is 17.1. The lowest BCUT2D eigenvalue weighted by Gasteiger charge is -2.39. The van der Waals surface area contributed by atoms with Crippen LogP contribution in [0.3, 0.4) is 0 Å². The number of nitrogens with zero attached hydrogens (tertiary/aromatic N) is 1. The molecule has 3 atom stereocenters. The molecule has 0 spiro atoms. The summed E-state index contributed by atoms with van der Waals surface area (Å²) in [6.45, 7) is 5.75. The fourth-order valence-corrected chi connectivity index (χ4v) is 4.21. The first kappa shape index (κ1) is 27.2. The van der Waals surface area contributed by atoms with Crippen LogP contribution in [0.25, 0.3) is 0 Å². The predicted molar refractivity (Wildman–Crippen MR) is 135 cm³/mol. The molecule has 194 valence electrons. The summed E-state index contributed by atoms with van der Waals surface area (Å²) in [7, 11) is 0. The Balaban J connectivity index is 1.73. The summed E-state index contributed by atoms with van der Waals surface area (Å²) in [6, 6.07) is 16.7. The molecular formula is C28H36N2O6. The molecule has 1 fully saturated rings. The third-order valence-electron chi connectivity index (χ3n) is 5.96. The van der Waals surface area contributed by atoms with Gasteiger partial charge in [0.15, 0.2) is 5.78 Å². The smallest absolute Gasteiger partial charge is 0.410 e. The van der Waals surface area contributed by atoms with E-state index in [2.05, 4.69) is 5.32 Å². The number of aliphatic hydroxyl groups excluding tert-OH is 1. The van der Waals surface area contributed by atoms with Crippen LogP contribution in [0.2, 0.25) is 0 Å². The van der Waals surface area contributed by atoms with Gasteiger partial charge in [-0.3, -0.25) is 4.79 Å². The SMILES string of the molecule is CC(C)(C)OC(=O)N1CCCC[C@H]1C(O)C(=O)[C@H](Cc1ccccc1)NC(=O)OCc1ccccc1. The minimum Gasteiger partial charge on any atom is -0.445 e. The van der Waals surface area contributed by atoms with Gasteiger partial charge in [-0.05, 0) is 57.6 Å². The van der Waals surface area contributed by atoms with Gasteiger partial charge in [0.2, 0.25) is 0 Å². The number of amides is 2. The van der Waals surface area contributed by atoms with E-state index in [4.69, 9.17) is 9.47 Å². The number of nitrogens with one attached hydrogen (secondary N) is 1. The molecule has 3 rings (SSSR count). The van der Waals surface area contributed by atoms with Gasteiger partial charge >= 0.3 is 12.2 Å². The van der Waals surface area contributed by atoms with Crippen LogP contribution in [-0.4, -0.2) is 58.3 Å². The van der Waals surface area contributed by atoms with Crippen molar-refractivity contribution >= 4 is 18.0 Å². The Morgan fingerprint density at radius 1 is 1.00 bits per heavy atom. The van der Waals surface area contributed by atoms with Crippen LogP contribution >= 0.6 is 0 Å². The molecule has 0 saturated carbocycles. The zero-order valence-corrected chi connectivity index (χ0v) is 21.2. The van der Waals surface area contributed by atoms with Crippen LogP contribution in [0.5, 0.6) is 0 Å². The molecule has 1 aliphatic rings. The Morgan fingerprint density at radius 2 is 1.61 bits per heavy atom. The van der Waals surface area contributed by atoms with Gasteiger partial charge in [-0.1, -0.05) is 60.7 Å². The fraction of sp³-hybridized carbons (Fsp3) is 0.464. The van der Waals surface area contributed by atoms with Crippen molar-refractivity contribution in [2.24, 2.45) is 0 Å². The second kappa shape index (κ2) is 12.5. The molecule has 1 aliphatic heterocycles. The van der Waals surface area contributed by atoms with Crippen molar-refractivity contribution in [2.75, 3.05) is 6.54 Å². The van der Waals surface area contributed by atoms with Crippen molar-refractivity contribution in [3.05, 3.63) is 71.8 Å². The van der Waals surface area contributed by atoms with E-state index in [0.29, 0.717) is 13.0 Å². The fourth-order valence-electron chi connectivity index (χ4n) is 4.21. The normalized spacial score (nSPS) is 17.6. The maximum absolute atomic E-state index is 13.5. The second-order valence-corrected chi connectivity index (χ2v) is 10.0. The van der Waals surface area contributed by atoms with Gasteiger partial charge < -0.3 is 24.8 Å². The number of likely N-dealkylation sites (tertiary alicyclic amines) is 1. The first-order valence-electron chi connectivity index (χ1n) is 12.4. The number of alkyl carbamates (subject to hydrolysis) is 1. The highest BCUT2D eigenvalue weighted by Gasteiger charge is 2.40. The first-order valence-corrected chi connectivity index (χ1v) is 12.4. The minimum absolute atomic E-state index is 0.0521. The lowest BCUT2D eigenvalue weighted by atomic mass is 9.90. The lowest BCUT2D eigenvalue weighted by molar-refractivity contribution is -0.133. The quantitative estimate of drug-likeness (QED) is 0.566. The molecule has 0 aliphatic carbocycles. The van der Waals surface area contributed by atoms with E-state index in [1.54, 1.807) is 20.8 Å². The molecular weight excluding hydrogens is 460 g/mol. The number of rotatable bonds is 8. The van der Waals surface area contributed by atoms with E-state index < -0.39 is 41.8 Å². The molecule has 2 N–H and O–H groups in total. The van der Waals surface area contributed by atoms with Crippen LogP contribution in [0.4, 0.5) is 9.59 Å². The molecule has 8 nitrogen and oxygen atoms in total. The summed E-state index contributed by atoms with van der Waals surface area (Å²) < 4.78 is 10.8. The summed E-state index contributed by atoms with van der Waals surface area (Å²) in [4.78, 5) is 40.3. The third kappa shape index (κ3) is 8.09. The molecule has 2 amide bonds. The Hall–Kier alpha value is -3.39. The Kier molecular flexibility index (Phi) is 9.47. The number of aliphatic hydroxyl groups is 1. The Morgan fingerprint density at radius 3 is 2.22 bits per heavy atom. The number of carbonyl (C=O) groups excluding carboxylic acids is 3. The van der Waals surface area contributed by atoms with Gasteiger partial charge in [-0.25, -0.2) is 9.59 Å². The number of carbonyl (C=O) groups is 3. The molecule has 8 heteroatoms. The van der Waals surface area contributed by atoms with Gasteiger partial charge in [-0.15, -0.1) is 0 Å². The maximum atomic E-state index is 13.5. The van der Waals surface area contributed by atoms with Gasteiger partial charge in [0.05, 0.1) is 12.1 Å². The van der Waals surface area contributed by atoms with Crippen LogP contribution in [-0.2, 0) is 27.3 Å². The highest BCUT2D eigenvalue weighted by molar-refractivity contribution is 5.92. The Bertz CT molecular complexity index is 1010. The molecule has 1 saturated heterocycles. The van der Waals surface area contributed by atoms with E-state index in [-0.39, 0.29) is 13.0 Å². The van der Waals surface area contributed by atoms with Crippen molar-refractivity contribution in [2.45, 2.75) is 76.9 Å². The summed E-state index contributed by atoms with van der Waals surface area (Å²) in [5.41, 5.74) is 0.932. The zero-order valence-electron chi connectivity index (χ0n) is 21.2. The van der Waals surface area contributed by atoms with Gasteiger partial charge in [0.1, 0.15) is 18.3 Å². The van der Waals surface area contributed by atoms with Crippen LogP contribution in [0, 0.1) is 0 Å². The van der Waals surface area contributed by atoms with Crippen LogP contribution < -0.4 is 5.32 Å². The number of hydrogen-bond donors (Lipinski definition) is 2. The Labute approximate surface area is 212 Å². The number of benzene rings is 2. The molecule has 1 heterocycles. The molecule has 0 aromatic heterocycles. The molecule has 2 aromatic rings. The predicted octanol–water partition coefficient (Wildman–Crippen LogP) is 4.24. The average Bonchev–Trinajstić information content (AvgIpc) is 2.86. The van der Waals surface area contributed by atoms with E-state index in [9.17, 15) is 19.5 Å². The number of piperidine rings is 1. The molecule has 36 heavy (non-hydrogen) atoms. The number of ether oxygens (including phenoxy) is 2. The van der Waals surface area contributed by atoms with Gasteiger partial charge in [0, 0.05) is 6.54 Å². The van der Waals surface area contributed by atoms with Crippen LogP contribution in [0.15, 0.2) is 60.7 Å². The highest BCUT2D eigenvalue weighted by Crippen LogP contribution is 2.24. The summed E-state index contributed by atoms with van der Waals surface area (Å²) in [5, 5.41) is 13.8. The number of ketones is 1. The lowest BCUT2D eigenvalue weighted by Crippen LogP contribution is -2.57. The van der Waals surface area contributed by atoms with Crippen molar-refractivity contribution in [1.82, 2.24) is 10.2 Å². The standard InChI is InChI=1S/C28H36N2O6/c1-28(2,3)36-27(34)30-17-11-10-16-23(30)25(32)24(31)22(18-20-12-6-4-7-13-20)29-26(33)35-19-21-14-8-5-9-15-21/h4-9,12-15,22-23,25,32H,10-11,16-19H2,1-3H3,(H,29,33)/t22-,23-,25?/m0/s1. The second-order valence-electron chi connectivity index (χ2n) is 10.0. The topological polar surface area (TPSA) is 105 Å². The maximum Gasteiger partial charge on any atom is 0.410 e. The minimum atomic E-state index is -1.49. The monoisotopic (exact) mass is 496 g/mol. The largest absolute Gasteiger partial charge is 0.445 e. The zero-order chi connectivity index (χ0) is 26.1. The van der Waals surface area contributed by atoms with E-state index in [1.807, 2.05) is 60.7 Å². The molecule has 0 bridgehead atoms. The summed E-state index contributed by atoms with van der Waals surface area (Å²) in [6.07, 6.45) is -0.639. The van der Waals surface area contributed by atoms with Crippen molar-refractivity contribution in [3.8, 4) is 0 Å². The van der Waals surface area contributed by atoms with Gasteiger partial charge in [-0.2, -0.15) is 0 Å². The van der Waals surface area contributed by atoms with Gasteiger partial charge in [0.25, 0.3) is 0 Å². The molecule has 2 aromatic carbocycles. The van der Waals surface area contributed by atoms with E-state index in [1.165, 1.54) is 4.90 Å². The van der Waals surface area contributed by atoms with Crippen molar-refractivity contribution in [1.29, 1.82) is 0 Å². The summed E-state index contributed by atoms with van der Waals surface area (Å²) in [5.74, 6) is -0.573. The average molecular weight is 497 g/mol. The van der Waals surface area contributed by atoms with E-state index >= 15 is 0 Å². The van der Waals surface area contributed by atoms with E-state index in [0.717, 1.165) is 24.0 Å². The molecule has 1 unspecified atom stereocenters. The molecule has 0 radical (unpaired) electrons.